The molecule has 3 aromatic rings. The van der Waals surface area contributed by atoms with Gasteiger partial charge in [-0.3, -0.25) is 14.5 Å². The summed E-state index contributed by atoms with van der Waals surface area (Å²) in [4.78, 5) is 39.1. The minimum atomic E-state index is -1.72. The van der Waals surface area contributed by atoms with Gasteiger partial charge in [-0.2, -0.15) is 5.21 Å². The van der Waals surface area contributed by atoms with Gasteiger partial charge in [0.05, 0.1) is 0 Å². The summed E-state index contributed by atoms with van der Waals surface area (Å²) in [6.07, 6.45) is 0. The van der Waals surface area contributed by atoms with Crippen LogP contribution in [0.25, 0.3) is 5.95 Å². The van der Waals surface area contributed by atoms with Gasteiger partial charge in [0.25, 0.3) is 23.5 Å². The van der Waals surface area contributed by atoms with Crippen molar-refractivity contribution < 1.29 is 29.0 Å². The number of amides is 2. The zero-order valence-corrected chi connectivity index (χ0v) is 20.6. The maximum Gasteiger partial charge on any atom is 0.352 e. The number of carbonyl (C=O) groups excluding carboxylic acids is 2. The zero-order valence-electron chi connectivity index (χ0n) is 19.0. The summed E-state index contributed by atoms with van der Waals surface area (Å²) >= 11 is 2.41. The molecule has 2 amide bonds. The van der Waals surface area contributed by atoms with Gasteiger partial charge in [-0.05, 0) is 33.3 Å². The van der Waals surface area contributed by atoms with Crippen LogP contribution in [0.1, 0.15) is 0 Å². The molecule has 2 aliphatic heterocycles. The maximum atomic E-state index is 13.2. The predicted molar refractivity (Wildman–Crippen MR) is 125 cm³/mol. The molecular weight excluding hydrogens is 528 g/mol. The minimum absolute atomic E-state index is 0.118. The number of fused-ring (bicyclic) bond motifs is 1. The van der Waals surface area contributed by atoms with Crippen molar-refractivity contribution >= 4 is 41.3 Å². The lowest BCUT2D eigenvalue weighted by Gasteiger charge is -2.55. The van der Waals surface area contributed by atoms with E-state index >= 15 is 0 Å². The Bertz CT molecular complexity index is 1350. The molecule has 2 atom stereocenters. The fourth-order valence-corrected chi connectivity index (χ4v) is 6.20. The number of thioether (sulfide) groups is 2. The van der Waals surface area contributed by atoms with Crippen LogP contribution in [0.5, 0.6) is 5.75 Å². The van der Waals surface area contributed by atoms with Gasteiger partial charge in [0.1, 0.15) is 16.8 Å². The van der Waals surface area contributed by atoms with Crippen molar-refractivity contribution in [2.75, 3.05) is 25.2 Å². The average molecular weight is 547 g/mol. The van der Waals surface area contributed by atoms with E-state index in [-0.39, 0.29) is 29.8 Å². The summed E-state index contributed by atoms with van der Waals surface area (Å²) in [6, 6.07) is 8.72. The largest absolute Gasteiger partial charge is 0.484 e. The van der Waals surface area contributed by atoms with Crippen molar-refractivity contribution in [3.05, 3.63) is 41.6 Å². The van der Waals surface area contributed by atoms with Gasteiger partial charge in [0.2, 0.25) is 5.16 Å². The first-order valence-corrected chi connectivity index (χ1v) is 12.6. The third-order valence-electron chi connectivity index (χ3n) is 5.41. The lowest BCUT2D eigenvalue weighted by Crippen LogP contribution is -2.81. The molecular formula is C19H18N10O6S2. The Morgan fingerprint density at radius 1 is 1.32 bits per heavy atom. The van der Waals surface area contributed by atoms with Crippen LogP contribution < -0.4 is 10.1 Å². The van der Waals surface area contributed by atoms with Gasteiger partial charge >= 0.3 is 5.97 Å². The van der Waals surface area contributed by atoms with Crippen molar-refractivity contribution in [1.29, 1.82) is 0 Å². The second-order valence-electron chi connectivity index (χ2n) is 7.56. The van der Waals surface area contributed by atoms with Crippen LogP contribution in [-0.2, 0) is 19.1 Å². The number of hydrogen-bond donors (Lipinski definition) is 3. The highest BCUT2D eigenvalue weighted by molar-refractivity contribution is 8.01. The number of tetrazole rings is 2. The highest BCUT2D eigenvalue weighted by Gasteiger charge is 2.66. The second-order valence-corrected chi connectivity index (χ2v) is 9.57. The molecule has 0 unspecified atom stereocenters. The van der Waals surface area contributed by atoms with E-state index in [4.69, 9.17) is 9.47 Å². The number of aliphatic carboxylic acids is 1. The number of ether oxygens (including phenoxy) is 2. The van der Waals surface area contributed by atoms with Crippen molar-refractivity contribution in [1.82, 2.24) is 51.0 Å². The molecule has 1 saturated heterocycles. The molecule has 0 aliphatic carbocycles. The Hall–Kier alpha value is -4.03. The van der Waals surface area contributed by atoms with E-state index < -0.39 is 28.9 Å². The summed E-state index contributed by atoms with van der Waals surface area (Å²) < 4.78 is 12.1. The molecule has 1 aromatic carbocycles. The molecule has 3 N–H and O–H groups in total. The SMILES string of the molecule is CO[C@@]1(NC(=O)COc2ccccc2)C(=O)N2C(C(=O)O)=C(CSc3nnnn3-c3nn[nH]n3)CS[C@H]21. The number of methoxy groups -OCH3 is 1. The molecule has 0 bridgehead atoms. The first-order chi connectivity index (χ1) is 17.9. The van der Waals surface area contributed by atoms with Gasteiger partial charge < -0.3 is 19.9 Å². The number of H-pyrrole nitrogens is 1. The number of aromatic amines is 1. The molecule has 18 heteroatoms. The topological polar surface area (TPSA) is 203 Å². The van der Waals surface area contributed by atoms with Crippen molar-refractivity contribution in [3.8, 4) is 11.7 Å². The Balaban J connectivity index is 1.30. The highest BCUT2D eigenvalue weighted by atomic mass is 32.2. The first kappa shape index (κ1) is 24.7. The molecule has 2 aliphatic rings. The first-order valence-electron chi connectivity index (χ1n) is 10.5. The van der Waals surface area contributed by atoms with Crippen LogP contribution in [0.4, 0.5) is 0 Å². The summed E-state index contributed by atoms with van der Waals surface area (Å²) in [7, 11) is 1.28. The van der Waals surface area contributed by atoms with Gasteiger partial charge in [-0.25, -0.2) is 4.79 Å². The molecule has 0 spiro atoms. The van der Waals surface area contributed by atoms with E-state index in [1.54, 1.807) is 24.3 Å². The summed E-state index contributed by atoms with van der Waals surface area (Å²) in [5.41, 5.74) is -1.43. The molecule has 1 fully saturated rings. The van der Waals surface area contributed by atoms with Gasteiger partial charge in [-0.15, -0.1) is 26.6 Å². The molecule has 0 radical (unpaired) electrons. The van der Waals surface area contributed by atoms with Crippen molar-refractivity contribution in [3.63, 3.8) is 0 Å². The molecule has 5 rings (SSSR count). The van der Waals surface area contributed by atoms with Crippen LogP contribution in [0.15, 0.2) is 46.8 Å². The van der Waals surface area contributed by atoms with Crippen molar-refractivity contribution in [2.45, 2.75) is 16.3 Å². The average Bonchev–Trinajstić information content (AvgIpc) is 3.61. The number of carboxylic acids is 1. The Labute approximate surface area is 216 Å². The van der Waals surface area contributed by atoms with Crippen LogP contribution >= 0.6 is 23.5 Å². The van der Waals surface area contributed by atoms with E-state index in [1.165, 1.54) is 23.6 Å². The number of nitrogens with one attached hydrogen (secondary N) is 2. The number of rotatable bonds is 10. The predicted octanol–water partition coefficient (Wildman–Crippen LogP) is -0.941. The Morgan fingerprint density at radius 3 is 2.84 bits per heavy atom. The highest BCUT2D eigenvalue weighted by Crippen LogP contribution is 2.47. The number of β-lactam (4-membered cyclic amide) rings is 1. The van der Waals surface area contributed by atoms with Gasteiger partial charge in [0.15, 0.2) is 6.61 Å². The molecule has 4 heterocycles. The monoisotopic (exact) mass is 546 g/mol. The van der Waals surface area contributed by atoms with Gasteiger partial charge in [0, 0.05) is 18.6 Å². The normalized spacial score (nSPS) is 20.8. The maximum absolute atomic E-state index is 13.2. The number of carbonyl (C=O) groups is 3. The van der Waals surface area contributed by atoms with Crippen LogP contribution in [0.3, 0.4) is 0 Å². The molecule has 192 valence electrons. The minimum Gasteiger partial charge on any atom is -0.484 e. The van der Waals surface area contributed by atoms with Crippen molar-refractivity contribution in [2.24, 2.45) is 0 Å². The number of nitrogens with zero attached hydrogens (tertiary/aromatic N) is 8. The van der Waals surface area contributed by atoms with E-state index in [9.17, 15) is 19.5 Å². The van der Waals surface area contributed by atoms with Crippen LogP contribution in [0.2, 0.25) is 0 Å². The number of carboxylic acid groups (broad SMARTS) is 1. The van der Waals surface area contributed by atoms with E-state index in [0.717, 1.165) is 16.7 Å². The van der Waals surface area contributed by atoms with Crippen LogP contribution in [-0.4, -0.2) is 105 Å². The standard InChI is InChI=1S/C19H18N10O6S2/c1-34-19(20-12(30)7-35-11-5-3-2-4-6-11)15(33)28-13(14(31)32)10(8-36-16(19)28)9-37-18-23-26-27-29(18)17-21-24-25-22-17/h2-6,16H,7-9H2,1H3,(H,20,30)(H,31,32)(H,21,22,24,25)/t16-,19-/m0/s1. The Morgan fingerprint density at radius 2 is 2.14 bits per heavy atom. The lowest BCUT2D eigenvalue weighted by molar-refractivity contribution is -0.192. The fraction of sp³-hybridized carbons (Fsp3) is 0.316. The van der Waals surface area contributed by atoms with Crippen LogP contribution in [0, 0.1) is 0 Å². The number of para-hydroxylation sites is 1. The molecule has 37 heavy (non-hydrogen) atoms. The smallest absolute Gasteiger partial charge is 0.352 e. The van der Waals surface area contributed by atoms with E-state index in [1.807, 2.05) is 6.07 Å². The fourth-order valence-electron chi connectivity index (χ4n) is 3.76. The van der Waals surface area contributed by atoms with Gasteiger partial charge in [-0.1, -0.05) is 35.1 Å². The third-order valence-corrected chi connectivity index (χ3v) is 7.79. The lowest BCUT2D eigenvalue weighted by atomic mass is 9.98. The zero-order chi connectivity index (χ0) is 26.0. The third kappa shape index (κ3) is 4.49. The van der Waals surface area contributed by atoms with E-state index in [2.05, 4.69) is 41.5 Å². The molecule has 16 nitrogen and oxygen atoms in total. The van der Waals surface area contributed by atoms with E-state index in [0.29, 0.717) is 16.5 Å². The number of aromatic nitrogens is 8. The summed E-state index contributed by atoms with van der Waals surface area (Å²) in [6.45, 7) is -0.349. The molecule has 0 saturated carbocycles. The molecule has 2 aromatic heterocycles. The second kappa shape index (κ2) is 10.1. The number of hydrogen-bond acceptors (Lipinski definition) is 13. The summed E-state index contributed by atoms with van der Waals surface area (Å²) in [5.74, 6) is -1.54. The summed E-state index contributed by atoms with van der Waals surface area (Å²) in [5, 5.41) is 36.7. The quantitative estimate of drug-likeness (QED) is 0.160. The number of benzene rings is 1. The Kier molecular flexibility index (Phi) is 6.76.